The highest BCUT2D eigenvalue weighted by molar-refractivity contribution is 8.29. The molecule has 4 rings (SSSR count). The van der Waals surface area contributed by atoms with Crippen LogP contribution in [0.4, 0.5) is 26.3 Å². The van der Waals surface area contributed by atoms with Crippen molar-refractivity contribution in [1.82, 2.24) is 0 Å². The minimum absolute atomic E-state index is 0.0551. The first-order valence-corrected chi connectivity index (χ1v) is 13.2. The average Bonchev–Trinajstić information content (AvgIpc) is 2.40. The summed E-state index contributed by atoms with van der Waals surface area (Å²) in [6.45, 7) is 0. The number of sulfone groups is 3. The molecular formula is C14H17F6O6S3-. The molecule has 4 aliphatic rings. The maximum atomic E-state index is 15.0. The molecule has 4 saturated carbocycles. The van der Waals surface area contributed by atoms with Crippen LogP contribution in [-0.2, 0) is 29.5 Å². The van der Waals surface area contributed by atoms with Gasteiger partial charge >= 0.3 is 11.4 Å². The lowest BCUT2D eigenvalue weighted by Gasteiger charge is -2.60. The van der Waals surface area contributed by atoms with Gasteiger partial charge in [-0.1, -0.05) is 0 Å². The predicted octanol–water partition coefficient (Wildman–Crippen LogP) is 2.52. The van der Waals surface area contributed by atoms with E-state index in [9.17, 15) is 47.2 Å². The Balaban J connectivity index is 2.21. The van der Waals surface area contributed by atoms with E-state index in [1.807, 2.05) is 0 Å². The summed E-state index contributed by atoms with van der Waals surface area (Å²) in [6, 6.07) is 0. The molecule has 29 heavy (non-hydrogen) atoms. The molecule has 0 saturated heterocycles. The second-order valence-electron chi connectivity index (χ2n) is 8.34. The zero-order chi connectivity index (χ0) is 22.5. The van der Waals surface area contributed by atoms with Crippen LogP contribution >= 0.6 is 0 Å². The van der Waals surface area contributed by atoms with Crippen LogP contribution in [0, 0.1) is 15.7 Å². The number of hydrogen-bond acceptors (Lipinski definition) is 6. The number of alkyl halides is 6. The van der Waals surface area contributed by atoms with Gasteiger partial charge in [-0.25, -0.2) is 4.39 Å². The predicted molar refractivity (Wildman–Crippen MR) is 88.2 cm³/mol. The molecule has 0 aliphatic heterocycles. The highest BCUT2D eigenvalue weighted by Crippen LogP contribution is 2.63. The molecule has 0 heterocycles. The summed E-state index contributed by atoms with van der Waals surface area (Å²) in [5.41, 5.74) is -2.07. The Morgan fingerprint density at radius 3 is 1.66 bits per heavy atom. The van der Waals surface area contributed by atoms with Crippen LogP contribution in [0.15, 0.2) is 0 Å². The quantitative estimate of drug-likeness (QED) is 0.433. The largest absolute Gasteiger partial charge is 0.466 e. The van der Waals surface area contributed by atoms with Crippen molar-refractivity contribution >= 4 is 29.5 Å². The topological polar surface area (TPSA) is 102 Å². The van der Waals surface area contributed by atoms with Gasteiger partial charge in [0.05, 0.1) is 19.7 Å². The van der Waals surface area contributed by atoms with Crippen molar-refractivity contribution < 1.29 is 51.6 Å². The second kappa shape index (κ2) is 6.02. The fourth-order valence-corrected chi connectivity index (χ4v) is 13.6. The van der Waals surface area contributed by atoms with Gasteiger partial charge in [-0.15, -0.1) is 0 Å². The molecule has 4 bridgehead atoms. The molecular weight excluding hydrogens is 474 g/mol. The summed E-state index contributed by atoms with van der Waals surface area (Å²) >= 11 is 0. The van der Waals surface area contributed by atoms with Gasteiger partial charge in [0, 0.05) is 14.9 Å². The Morgan fingerprint density at radius 2 is 1.31 bits per heavy atom. The molecule has 0 N–H and O–H groups in total. The van der Waals surface area contributed by atoms with Crippen molar-refractivity contribution in [2.45, 2.75) is 60.4 Å². The first kappa shape index (κ1) is 23.1. The number of halogens is 6. The Bertz CT molecular complexity index is 1020. The van der Waals surface area contributed by atoms with Gasteiger partial charge in [0.25, 0.3) is 0 Å². The Morgan fingerprint density at radius 1 is 0.862 bits per heavy atom. The Hall–Kier alpha value is -0.570. The van der Waals surface area contributed by atoms with Crippen molar-refractivity contribution in [2.75, 3.05) is 6.26 Å². The second-order valence-corrected chi connectivity index (χ2v) is 15.3. The van der Waals surface area contributed by atoms with E-state index in [-0.39, 0.29) is 19.1 Å². The molecule has 2 unspecified atom stereocenters. The van der Waals surface area contributed by atoms with Crippen molar-refractivity contribution in [1.29, 1.82) is 0 Å². The third-order valence-corrected chi connectivity index (χ3v) is 14.4. The molecule has 6 nitrogen and oxygen atoms in total. The summed E-state index contributed by atoms with van der Waals surface area (Å²) in [5.74, 6) is -1.13. The van der Waals surface area contributed by atoms with Crippen LogP contribution in [0.25, 0.3) is 0 Å². The SMILES string of the molecule is CS(=O)(=O)[C-](S(=O)(=O)C12CC3CC(CC(F)(C3)C1)C2)S(=O)(=O)C(F)(F)C(F)(F)F. The van der Waals surface area contributed by atoms with Crippen LogP contribution < -0.4 is 0 Å². The van der Waals surface area contributed by atoms with Gasteiger partial charge in [-0.3, -0.25) is 25.3 Å². The van der Waals surface area contributed by atoms with E-state index >= 15 is 4.39 Å². The summed E-state index contributed by atoms with van der Waals surface area (Å²) in [6.07, 6.45) is -8.20. The van der Waals surface area contributed by atoms with E-state index in [1.54, 1.807) is 0 Å². The molecule has 0 radical (unpaired) electrons. The lowest BCUT2D eigenvalue weighted by Crippen LogP contribution is -2.63. The minimum Gasteiger partial charge on any atom is -0.260 e. The van der Waals surface area contributed by atoms with E-state index < -0.39 is 86.4 Å². The van der Waals surface area contributed by atoms with Gasteiger partial charge in [0.1, 0.15) is 15.5 Å². The average molecular weight is 491 g/mol. The van der Waals surface area contributed by atoms with Gasteiger partial charge in [-0.05, 0) is 50.4 Å². The summed E-state index contributed by atoms with van der Waals surface area (Å²) in [5, 5.41) is -6.67. The van der Waals surface area contributed by atoms with E-state index in [1.165, 1.54) is 0 Å². The smallest absolute Gasteiger partial charge is 0.260 e. The van der Waals surface area contributed by atoms with Crippen molar-refractivity contribution in [3.05, 3.63) is 3.91 Å². The first-order chi connectivity index (χ1) is 12.7. The fourth-order valence-electron chi connectivity index (χ4n) is 5.36. The zero-order valence-electron chi connectivity index (χ0n) is 14.8. The van der Waals surface area contributed by atoms with E-state index in [2.05, 4.69) is 0 Å². The van der Waals surface area contributed by atoms with Crippen molar-refractivity contribution in [3.63, 3.8) is 0 Å². The molecule has 2 atom stereocenters. The van der Waals surface area contributed by atoms with Gasteiger partial charge in [-0.2, -0.15) is 22.0 Å². The van der Waals surface area contributed by atoms with Crippen LogP contribution in [0.5, 0.6) is 0 Å². The summed E-state index contributed by atoms with van der Waals surface area (Å²) in [4.78, 5) is 0. The third kappa shape index (κ3) is 3.20. The van der Waals surface area contributed by atoms with Crippen molar-refractivity contribution in [2.24, 2.45) is 11.8 Å². The van der Waals surface area contributed by atoms with Crippen LogP contribution in [0.1, 0.15) is 38.5 Å². The van der Waals surface area contributed by atoms with Crippen molar-refractivity contribution in [3.8, 4) is 0 Å². The highest BCUT2D eigenvalue weighted by Gasteiger charge is 2.70. The van der Waals surface area contributed by atoms with Crippen LogP contribution in [0.3, 0.4) is 0 Å². The van der Waals surface area contributed by atoms with Crippen LogP contribution in [0.2, 0.25) is 0 Å². The monoisotopic (exact) mass is 491 g/mol. The molecule has 0 aromatic heterocycles. The number of hydrogen-bond donors (Lipinski definition) is 0. The maximum absolute atomic E-state index is 15.0. The third-order valence-electron chi connectivity index (χ3n) is 5.92. The highest BCUT2D eigenvalue weighted by atomic mass is 32.3. The molecule has 0 aromatic rings. The first-order valence-electron chi connectivity index (χ1n) is 8.38. The fraction of sp³-hybridized carbons (Fsp3) is 0.929. The zero-order valence-corrected chi connectivity index (χ0v) is 17.3. The van der Waals surface area contributed by atoms with E-state index in [4.69, 9.17) is 0 Å². The molecule has 0 amide bonds. The molecule has 15 heteroatoms. The lowest BCUT2D eigenvalue weighted by molar-refractivity contribution is -0.241. The van der Waals surface area contributed by atoms with Gasteiger partial charge in [0.2, 0.25) is 0 Å². The Kier molecular flexibility index (Phi) is 4.79. The van der Waals surface area contributed by atoms with Gasteiger partial charge < -0.3 is 0 Å². The van der Waals surface area contributed by atoms with Gasteiger partial charge in [0.15, 0.2) is 0 Å². The molecule has 4 aliphatic carbocycles. The molecule has 170 valence electrons. The molecule has 0 aromatic carbocycles. The maximum Gasteiger partial charge on any atom is 0.466 e. The number of rotatable bonds is 5. The Labute approximate surface area is 163 Å². The van der Waals surface area contributed by atoms with E-state index in [0.29, 0.717) is 6.42 Å². The molecule has 4 fully saturated rings. The summed E-state index contributed by atoms with van der Waals surface area (Å²) in [7, 11) is -18.6. The lowest BCUT2D eigenvalue weighted by atomic mass is 9.54. The molecule has 0 spiro atoms. The van der Waals surface area contributed by atoms with E-state index in [0.717, 1.165) is 0 Å². The van der Waals surface area contributed by atoms with Crippen LogP contribution in [-0.4, -0.2) is 53.4 Å². The normalized spacial score (nSPS) is 36.0. The minimum atomic E-state index is -7.23. The standard InChI is InChI=1S/C14H17F6O6S3/c1-27(21,22)10(29(25,26)14(19,20)13(16,17)18)28(23,24)12-5-8-2-9(6-12)4-11(15,3-8)7-12/h8-9H,2-7H2,1H3/q-1. The summed E-state index contributed by atoms with van der Waals surface area (Å²) < 4.78 is 150.